The standard InChI is InChI=1S/C42H30N4O/c1-45-39-26-25-35(27-40(39)46(42(45)47)36-15-9-4-10-16-36)31-19-17-29(18-20-31)30-21-23-33(24-22-30)38-28-37(32-11-5-2-6-12-32)43-41(44-38)34-13-7-3-8-14-34/h2-28H,1H3. The van der Waals surface area contributed by atoms with E-state index < -0.39 is 0 Å². The van der Waals surface area contributed by atoms with Gasteiger partial charge in [-0.25, -0.2) is 14.8 Å². The molecule has 0 radical (unpaired) electrons. The van der Waals surface area contributed by atoms with Crippen LogP contribution in [0.25, 0.3) is 72.9 Å². The maximum atomic E-state index is 13.1. The maximum absolute atomic E-state index is 13.1. The summed E-state index contributed by atoms with van der Waals surface area (Å²) < 4.78 is 3.48. The summed E-state index contributed by atoms with van der Waals surface area (Å²) in [5.74, 6) is 0.705. The van der Waals surface area contributed by atoms with Gasteiger partial charge < -0.3 is 0 Å². The summed E-state index contributed by atoms with van der Waals surface area (Å²) in [5.41, 5.74) is 11.8. The summed E-state index contributed by atoms with van der Waals surface area (Å²) in [6.07, 6.45) is 0. The molecule has 8 aromatic rings. The van der Waals surface area contributed by atoms with Crippen molar-refractivity contribution in [3.63, 3.8) is 0 Å². The fourth-order valence-electron chi connectivity index (χ4n) is 6.11. The van der Waals surface area contributed by atoms with Gasteiger partial charge in [-0.3, -0.25) is 9.13 Å². The molecule has 0 fully saturated rings. The van der Waals surface area contributed by atoms with Gasteiger partial charge in [-0.15, -0.1) is 0 Å². The monoisotopic (exact) mass is 606 g/mol. The number of imidazole rings is 1. The summed E-state index contributed by atoms with van der Waals surface area (Å²) in [6.45, 7) is 0. The first-order chi connectivity index (χ1) is 23.1. The largest absolute Gasteiger partial charge is 0.333 e. The zero-order chi connectivity index (χ0) is 31.7. The minimum atomic E-state index is -0.0586. The molecule has 2 heterocycles. The number of nitrogens with zero attached hydrogens (tertiary/aromatic N) is 4. The Kier molecular flexibility index (Phi) is 7.12. The second-order valence-corrected chi connectivity index (χ2v) is 11.6. The molecule has 0 aliphatic rings. The van der Waals surface area contributed by atoms with Crippen LogP contribution in [0.3, 0.4) is 0 Å². The predicted molar refractivity (Wildman–Crippen MR) is 191 cm³/mol. The van der Waals surface area contributed by atoms with Crippen molar-refractivity contribution in [3.05, 3.63) is 174 Å². The first kappa shape index (κ1) is 28.2. The molecule has 0 amide bonds. The Hall–Kier alpha value is -6.33. The minimum Gasteiger partial charge on any atom is -0.295 e. The highest BCUT2D eigenvalue weighted by Crippen LogP contribution is 2.31. The molecule has 6 aromatic carbocycles. The van der Waals surface area contributed by atoms with E-state index in [1.807, 2.05) is 92.0 Å². The Morgan fingerprint density at radius 2 is 0.872 bits per heavy atom. The highest BCUT2D eigenvalue weighted by Gasteiger charge is 2.14. The van der Waals surface area contributed by atoms with Gasteiger partial charge in [-0.05, 0) is 52.6 Å². The van der Waals surface area contributed by atoms with E-state index in [0.717, 1.165) is 67.1 Å². The third kappa shape index (κ3) is 5.34. The van der Waals surface area contributed by atoms with Crippen LogP contribution in [-0.2, 0) is 7.05 Å². The molecule has 8 rings (SSSR count). The molecule has 0 saturated heterocycles. The molecule has 0 unspecified atom stereocenters. The van der Waals surface area contributed by atoms with Crippen LogP contribution in [0.2, 0.25) is 0 Å². The van der Waals surface area contributed by atoms with Crippen LogP contribution in [0.5, 0.6) is 0 Å². The van der Waals surface area contributed by atoms with Crippen molar-refractivity contribution in [3.8, 4) is 61.8 Å². The van der Waals surface area contributed by atoms with Gasteiger partial charge in [0.15, 0.2) is 5.82 Å². The summed E-state index contributed by atoms with van der Waals surface area (Å²) in [6, 6.07) is 55.5. The molecule has 0 N–H and O–H groups in total. The van der Waals surface area contributed by atoms with Gasteiger partial charge >= 0.3 is 5.69 Å². The van der Waals surface area contributed by atoms with Crippen molar-refractivity contribution in [2.45, 2.75) is 0 Å². The van der Waals surface area contributed by atoms with Gasteiger partial charge in [0, 0.05) is 23.7 Å². The maximum Gasteiger partial charge on any atom is 0.333 e. The van der Waals surface area contributed by atoms with E-state index in [0.29, 0.717) is 5.82 Å². The van der Waals surface area contributed by atoms with Crippen LogP contribution in [0.15, 0.2) is 169 Å². The van der Waals surface area contributed by atoms with Crippen LogP contribution in [-0.4, -0.2) is 19.1 Å². The lowest BCUT2D eigenvalue weighted by atomic mass is 9.98. The Balaban J connectivity index is 1.11. The van der Waals surface area contributed by atoms with E-state index in [-0.39, 0.29) is 5.69 Å². The van der Waals surface area contributed by atoms with Crippen molar-refractivity contribution in [1.29, 1.82) is 0 Å². The topological polar surface area (TPSA) is 52.7 Å². The molecule has 2 aromatic heterocycles. The first-order valence-electron chi connectivity index (χ1n) is 15.6. The van der Waals surface area contributed by atoms with E-state index in [1.165, 1.54) is 0 Å². The van der Waals surface area contributed by atoms with Gasteiger partial charge in [-0.2, -0.15) is 0 Å². The lowest BCUT2D eigenvalue weighted by molar-refractivity contribution is 0.846. The molecule has 0 aliphatic heterocycles. The molecule has 0 saturated carbocycles. The SMILES string of the molecule is Cn1c(=O)n(-c2ccccc2)c2cc(-c3ccc(-c4ccc(-c5cc(-c6ccccc6)nc(-c6ccccc6)n5)cc4)cc3)ccc21. The number of hydrogen-bond acceptors (Lipinski definition) is 3. The van der Waals surface area contributed by atoms with E-state index in [4.69, 9.17) is 9.97 Å². The number of aromatic nitrogens is 4. The zero-order valence-electron chi connectivity index (χ0n) is 25.8. The molecule has 0 atom stereocenters. The van der Waals surface area contributed by atoms with E-state index in [2.05, 4.69) is 78.9 Å². The van der Waals surface area contributed by atoms with Crippen molar-refractivity contribution < 1.29 is 0 Å². The summed E-state index contributed by atoms with van der Waals surface area (Å²) in [5, 5.41) is 0. The second kappa shape index (κ2) is 11.9. The van der Waals surface area contributed by atoms with Gasteiger partial charge in [0.1, 0.15) is 0 Å². The Morgan fingerprint density at radius 1 is 0.426 bits per heavy atom. The zero-order valence-corrected chi connectivity index (χ0v) is 25.8. The van der Waals surface area contributed by atoms with Crippen molar-refractivity contribution in [2.75, 3.05) is 0 Å². The molecular formula is C42H30N4O. The number of benzene rings is 6. The van der Waals surface area contributed by atoms with Crippen molar-refractivity contribution in [2.24, 2.45) is 7.05 Å². The van der Waals surface area contributed by atoms with Crippen LogP contribution < -0.4 is 5.69 Å². The van der Waals surface area contributed by atoms with E-state index >= 15 is 0 Å². The van der Waals surface area contributed by atoms with Gasteiger partial charge in [0.05, 0.1) is 28.1 Å². The number of rotatable bonds is 6. The number of aryl methyl sites for hydroxylation is 1. The fourth-order valence-corrected chi connectivity index (χ4v) is 6.11. The average Bonchev–Trinajstić information content (AvgIpc) is 3.40. The number of hydrogen-bond donors (Lipinski definition) is 0. The Labute approximate surface area is 272 Å². The van der Waals surface area contributed by atoms with Crippen molar-refractivity contribution >= 4 is 11.0 Å². The van der Waals surface area contributed by atoms with Crippen LogP contribution >= 0.6 is 0 Å². The van der Waals surface area contributed by atoms with Gasteiger partial charge in [-0.1, -0.05) is 133 Å². The quantitative estimate of drug-likeness (QED) is 0.189. The van der Waals surface area contributed by atoms with Crippen LogP contribution in [0.1, 0.15) is 0 Å². The minimum absolute atomic E-state index is 0.0586. The van der Waals surface area contributed by atoms with Gasteiger partial charge in [0.2, 0.25) is 0 Å². The van der Waals surface area contributed by atoms with Crippen LogP contribution in [0.4, 0.5) is 0 Å². The van der Waals surface area contributed by atoms with Crippen molar-refractivity contribution in [1.82, 2.24) is 19.1 Å². The summed E-state index contributed by atoms with van der Waals surface area (Å²) in [7, 11) is 1.82. The highest BCUT2D eigenvalue weighted by atomic mass is 16.1. The molecule has 5 heteroatoms. The molecule has 0 aliphatic carbocycles. The van der Waals surface area contributed by atoms with E-state index in [1.54, 1.807) is 9.13 Å². The second-order valence-electron chi connectivity index (χ2n) is 11.6. The molecule has 47 heavy (non-hydrogen) atoms. The Bertz CT molecular complexity index is 2340. The normalized spacial score (nSPS) is 11.2. The molecule has 0 spiro atoms. The third-order valence-electron chi connectivity index (χ3n) is 8.63. The summed E-state index contributed by atoms with van der Waals surface area (Å²) in [4.78, 5) is 23.0. The average molecular weight is 607 g/mol. The first-order valence-corrected chi connectivity index (χ1v) is 15.6. The fraction of sp³-hybridized carbons (Fsp3) is 0.0238. The molecular weight excluding hydrogens is 576 g/mol. The smallest absolute Gasteiger partial charge is 0.295 e. The molecule has 5 nitrogen and oxygen atoms in total. The van der Waals surface area contributed by atoms with Crippen LogP contribution in [0, 0.1) is 0 Å². The van der Waals surface area contributed by atoms with E-state index in [9.17, 15) is 4.79 Å². The lowest BCUT2D eigenvalue weighted by Gasteiger charge is -2.10. The predicted octanol–water partition coefficient (Wildman–Crippen LogP) is 9.45. The molecule has 0 bridgehead atoms. The number of fused-ring (bicyclic) bond motifs is 1. The molecule has 224 valence electrons. The van der Waals surface area contributed by atoms with Gasteiger partial charge in [0.25, 0.3) is 0 Å². The lowest BCUT2D eigenvalue weighted by Crippen LogP contribution is -2.20. The number of para-hydroxylation sites is 1. The third-order valence-corrected chi connectivity index (χ3v) is 8.63. The Morgan fingerprint density at radius 3 is 1.45 bits per heavy atom. The highest BCUT2D eigenvalue weighted by molar-refractivity contribution is 5.85. The summed E-state index contributed by atoms with van der Waals surface area (Å²) >= 11 is 0.